The Morgan fingerprint density at radius 1 is 1.43 bits per heavy atom. The van der Waals surface area contributed by atoms with Crippen LogP contribution in [0.25, 0.3) is 0 Å². The second-order valence-electron chi connectivity index (χ2n) is 5.07. The van der Waals surface area contributed by atoms with Gasteiger partial charge in [-0.15, -0.1) is 5.10 Å². The number of amides is 1. The molecule has 1 unspecified atom stereocenters. The Labute approximate surface area is 143 Å². The second-order valence-corrected chi connectivity index (χ2v) is 6.82. The first-order chi connectivity index (χ1) is 11.0. The Morgan fingerprint density at radius 2 is 2.13 bits per heavy atom. The number of aromatic amines is 1. The molecule has 23 heavy (non-hydrogen) atoms. The van der Waals surface area contributed by atoms with E-state index in [1.54, 1.807) is 35.8 Å². The van der Waals surface area contributed by atoms with Crippen LogP contribution in [0.2, 0.25) is 5.02 Å². The number of benzene rings is 1. The van der Waals surface area contributed by atoms with Gasteiger partial charge < -0.3 is 5.32 Å². The van der Waals surface area contributed by atoms with Crippen molar-refractivity contribution in [3.8, 4) is 0 Å². The summed E-state index contributed by atoms with van der Waals surface area (Å²) in [6, 6.07) is 6.91. The molecule has 1 aromatic heterocycles. The molecule has 0 aliphatic carbocycles. The third-order valence-electron chi connectivity index (χ3n) is 3.22. The maximum atomic E-state index is 12.2. The number of aromatic nitrogens is 3. The predicted molar refractivity (Wildman–Crippen MR) is 93.2 cm³/mol. The average molecular weight is 355 g/mol. The highest BCUT2D eigenvalue weighted by Gasteiger charge is 2.19. The van der Waals surface area contributed by atoms with Gasteiger partial charge in [0.1, 0.15) is 0 Å². The maximum absolute atomic E-state index is 12.2. The number of thioether (sulfide) groups is 1. The number of carbonyl (C=O) groups excluding carboxylic acids is 1. The topological polar surface area (TPSA) is 79.8 Å². The third kappa shape index (κ3) is 4.87. The minimum atomic E-state index is -0.388. The van der Waals surface area contributed by atoms with E-state index in [2.05, 4.69) is 22.4 Å². The van der Waals surface area contributed by atoms with Crippen molar-refractivity contribution in [2.75, 3.05) is 5.32 Å². The lowest BCUT2D eigenvalue weighted by atomic mass is 10.3. The molecule has 0 aliphatic rings. The van der Waals surface area contributed by atoms with Gasteiger partial charge in [-0.2, -0.15) is 0 Å². The van der Waals surface area contributed by atoms with Gasteiger partial charge in [-0.05, 0) is 37.6 Å². The minimum absolute atomic E-state index is 0.158. The van der Waals surface area contributed by atoms with Gasteiger partial charge in [-0.3, -0.25) is 9.36 Å². The molecule has 1 aromatic carbocycles. The smallest absolute Gasteiger partial charge is 0.325 e. The van der Waals surface area contributed by atoms with E-state index in [4.69, 9.17) is 11.6 Å². The number of nitrogens with zero attached hydrogens (tertiary/aromatic N) is 2. The molecule has 2 aromatic rings. The molecule has 1 atom stereocenters. The van der Waals surface area contributed by atoms with Crippen LogP contribution in [0.5, 0.6) is 0 Å². The molecule has 0 bridgehead atoms. The molecule has 1 amide bonds. The largest absolute Gasteiger partial charge is 0.343 e. The number of nitrogens with one attached hydrogen (secondary N) is 2. The fourth-order valence-electron chi connectivity index (χ4n) is 1.90. The fourth-order valence-corrected chi connectivity index (χ4v) is 2.90. The Kier molecular flexibility index (Phi) is 6.29. The van der Waals surface area contributed by atoms with Crippen molar-refractivity contribution < 1.29 is 4.79 Å². The number of anilines is 1. The molecular weight excluding hydrogens is 336 g/mol. The lowest BCUT2D eigenvalue weighted by molar-refractivity contribution is -0.115. The quantitative estimate of drug-likeness (QED) is 0.748. The lowest BCUT2D eigenvalue weighted by Gasteiger charge is -2.12. The summed E-state index contributed by atoms with van der Waals surface area (Å²) in [7, 11) is 0. The summed E-state index contributed by atoms with van der Waals surface area (Å²) < 4.78 is 1.57. The van der Waals surface area contributed by atoms with Gasteiger partial charge in [-0.1, -0.05) is 36.7 Å². The molecule has 0 spiro atoms. The van der Waals surface area contributed by atoms with E-state index in [-0.39, 0.29) is 16.8 Å². The zero-order valence-electron chi connectivity index (χ0n) is 13.0. The van der Waals surface area contributed by atoms with Crippen molar-refractivity contribution in [3.05, 3.63) is 39.8 Å². The standard InChI is InChI=1S/C15H19ClN4O2S/c1-3-4-9-20-14(22)18-19-15(20)23-10(2)13(21)17-12-7-5-11(16)6-8-12/h5-8,10H,3-4,9H2,1-2H3,(H,17,21)(H,18,22). The summed E-state index contributed by atoms with van der Waals surface area (Å²) >= 11 is 7.07. The van der Waals surface area contributed by atoms with E-state index in [1.165, 1.54) is 11.8 Å². The van der Waals surface area contributed by atoms with Crippen LogP contribution in [0.15, 0.2) is 34.2 Å². The lowest BCUT2D eigenvalue weighted by Crippen LogP contribution is -2.24. The summed E-state index contributed by atoms with van der Waals surface area (Å²) in [5.41, 5.74) is 0.434. The van der Waals surface area contributed by atoms with Crippen LogP contribution < -0.4 is 11.0 Å². The van der Waals surface area contributed by atoms with Gasteiger partial charge in [0.05, 0.1) is 5.25 Å². The molecular formula is C15H19ClN4O2S. The summed E-state index contributed by atoms with van der Waals surface area (Å²) in [5.74, 6) is -0.158. The summed E-state index contributed by atoms with van der Waals surface area (Å²) in [5, 5.41) is 10.0. The van der Waals surface area contributed by atoms with E-state index >= 15 is 0 Å². The Morgan fingerprint density at radius 3 is 2.78 bits per heavy atom. The highest BCUT2D eigenvalue weighted by Crippen LogP contribution is 2.22. The average Bonchev–Trinajstić information content (AvgIpc) is 2.87. The summed E-state index contributed by atoms with van der Waals surface area (Å²) in [4.78, 5) is 24.0. The molecule has 0 aliphatic heterocycles. The predicted octanol–water partition coefficient (Wildman–Crippen LogP) is 3.14. The monoisotopic (exact) mass is 354 g/mol. The van der Waals surface area contributed by atoms with E-state index < -0.39 is 0 Å². The number of hydrogen-bond donors (Lipinski definition) is 2. The van der Waals surface area contributed by atoms with Gasteiger partial charge >= 0.3 is 5.69 Å². The van der Waals surface area contributed by atoms with Gasteiger partial charge in [0.2, 0.25) is 5.91 Å². The van der Waals surface area contributed by atoms with Crippen LogP contribution in [0, 0.1) is 0 Å². The fraction of sp³-hybridized carbons (Fsp3) is 0.400. The van der Waals surface area contributed by atoms with Crippen LogP contribution in [-0.2, 0) is 11.3 Å². The summed E-state index contributed by atoms with van der Waals surface area (Å²) in [6.07, 6.45) is 1.87. The molecule has 2 rings (SSSR count). The van der Waals surface area contributed by atoms with Gasteiger partial charge in [0, 0.05) is 17.3 Å². The van der Waals surface area contributed by atoms with Crippen molar-refractivity contribution >= 4 is 35.0 Å². The number of hydrogen-bond acceptors (Lipinski definition) is 4. The Balaban J connectivity index is 2.01. The van der Waals surface area contributed by atoms with Crippen molar-refractivity contribution in [1.29, 1.82) is 0 Å². The number of rotatable bonds is 7. The van der Waals surface area contributed by atoms with Crippen LogP contribution in [0.1, 0.15) is 26.7 Å². The van der Waals surface area contributed by atoms with Crippen LogP contribution >= 0.6 is 23.4 Å². The van der Waals surface area contributed by atoms with Crippen LogP contribution in [-0.4, -0.2) is 25.9 Å². The zero-order valence-corrected chi connectivity index (χ0v) is 14.6. The van der Waals surface area contributed by atoms with E-state index in [0.29, 0.717) is 22.4 Å². The molecule has 1 heterocycles. The Bertz CT molecular complexity index is 711. The molecule has 0 radical (unpaired) electrons. The van der Waals surface area contributed by atoms with Gasteiger partial charge in [0.25, 0.3) is 0 Å². The first-order valence-corrected chi connectivity index (χ1v) is 8.65. The van der Waals surface area contributed by atoms with Crippen molar-refractivity contribution in [2.45, 2.75) is 43.6 Å². The van der Waals surface area contributed by atoms with Gasteiger partial charge in [-0.25, -0.2) is 9.89 Å². The highest BCUT2D eigenvalue weighted by molar-refractivity contribution is 8.00. The number of H-pyrrole nitrogens is 1. The zero-order chi connectivity index (χ0) is 16.8. The molecule has 6 nitrogen and oxygen atoms in total. The SMILES string of the molecule is CCCCn1c(SC(C)C(=O)Nc2ccc(Cl)cc2)n[nH]c1=O. The highest BCUT2D eigenvalue weighted by atomic mass is 35.5. The molecule has 2 N–H and O–H groups in total. The number of carbonyl (C=O) groups is 1. The van der Waals surface area contributed by atoms with Gasteiger partial charge in [0.15, 0.2) is 5.16 Å². The summed E-state index contributed by atoms with van der Waals surface area (Å²) in [6.45, 7) is 4.43. The van der Waals surface area contributed by atoms with Crippen molar-refractivity contribution in [1.82, 2.24) is 14.8 Å². The maximum Gasteiger partial charge on any atom is 0.343 e. The Hall–Kier alpha value is -1.73. The minimum Gasteiger partial charge on any atom is -0.325 e. The molecule has 0 fully saturated rings. The van der Waals surface area contributed by atoms with E-state index in [1.807, 2.05) is 0 Å². The second kappa shape index (κ2) is 8.21. The van der Waals surface area contributed by atoms with E-state index in [0.717, 1.165) is 12.8 Å². The number of unbranched alkanes of at least 4 members (excludes halogenated alkanes) is 1. The molecule has 124 valence electrons. The van der Waals surface area contributed by atoms with Crippen LogP contribution in [0.4, 0.5) is 5.69 Å². The van der Waals surface area contributed by atoms with Crippen LogP contribution in [0.3, 0.4) is 0 Å². The third-order valence-corrected chi connectivity index (χ3v) is 4.56. The van der Waals surface area contributed by atoms with Crippen molar-refractivity contribution in [2.24, 2.45) is 0 Å². The number of halogens is 1. The molecule has 8 heteroatoms. The molecule has 0 saturated heterocycles. The normalized spacial score (nSPS) is 12.1. The first-order valence-electron chi connectivity index (χ1n) is 7.39. The van der Waals surface area contributed by atoms with E-state index in [9.17, 15) is 9.59 Å². The molecule has 0 saturated carbocycles. The first kappa shape index (κ1) is 17.6. The van der Waals surface area contributed by atoms with Crippen molar-refractivity contribution in [3.63, 3.8) is 0 Å².